The zero-order chi connectivity index (χ0) is 15.4. The molecule has 0 aliphatic heterocycles. The number of hydrogen-bond acceptors (Lipinski definition) is 2. The summed E-state index contributed by atoms with van der Waals surface area (Å²) < 4.78 is 3.06. The van der Waals surface area contributed by atoms with E-state index < -0.39 is 0 Å². The average Bonchev–Trinajstić information content (AvgIpc) is 3.15. The van der Waals surface area contributed by atoms with Crippen LogP contribution < -0.4 is 5.73 Å². The van der Waals surface area contributed by atoms with E-state index >= 15 is 0 Å². The van der Waals surface area contributed by atoms with Gasteiger partial charge in [-0.2, -0.15) is 0 Å². The number of nitrogen functional groups attached to an aromatic ring is 1. The molecule has 3 nitrogen and oxygen atoms in total. The Balaban J connectivity index is 2.17. The largest absolute Gasteiger partial charge is 0.383 e. The Hall–Kier alpha value is -1.00. The normalized spacial score (nSPS) is 15.5. The first-order valence-corrected chi connectivity index (χ1v) is 8.30. The fraction of sp³-hybridized carbons (Fsp3) is 0.438. The van der Waals surface area contributed by atoms with Crippen molar-refractivity contribution in [2.45, 2.75) is 45.1 Å². The van der Waals surface area contributed by atoms with E-state index in [0.29, 0.717) is 10.9 Å². The molecule has 112 valence electrons. The van der Waals surface area contributed by atoms with Crippen molar-refractivity contribution in [1.29, 1.82) is 0 Å². The highest BCUT2D eigenvalue weighted by Gasteiger charge is 2.34. The van der Waals surface area contributed by atoms with Crippen LogP contribution in [0.4, 0.5) is 5.82 Å². The van der Waals surface area contributed by atoms with Crippen LogP contribution in [0.1, 0.15) is 45.4 Å². The second-order valence-electron chi connectivity index (χ2n) is 6.61. The number of rotatable bonds is 2. The summed E-state index contributed by atoms with van der Waals surface area (Å²) in [7, 11) is 0. The van der Waals surface area contributed by atoms with Gasteiger partial charge in [0.2, 0.25) is 0 Å². The Morgan fingerprint density at radius 3 is 2.52 bits per heavy atom. The number of aromatic nitrogens is 2. The SMILES string of the molecule is CC(C)(C)n1c(C2CC2)nc(-c2ccc(Br)c(Cl)c2)c1N. The van der Waals surface area contributed by atoms with E-state index in [1.54, 1.807) is 0 Å². The lowest BCUT2D eigenvalue weighted by atomic mass is 10.1. The molecule has 0 spiro atoms. The molecule has 0 atom stereocenters. The second-order valence-corrected chi connectivity index (χ2v) is 7.87. The van der Waals surface area contributed by atoms with Crippen molar-refractivity contribution in [3.05, 3.63) is 33.5 Å². The van der Waals surface area contributed by atoms with E-state index in [2.05, 4.69) is 41.3 Å². The Kier molecular flexibility index (Phi) is 3.57. The van der Waals surface area contributed by atoms with E-state index in [-0.39, 0.29) is 5.54 Å². The van der Waals surface area contributed by atoms with Crippen LogP contribution in [0.5, 0.6) is 0 Å². The number of halogens is 2. The lowest BCUT2D eigenvalue weighted by molar-refractivity contribution is 0.388. The quantitative estimate of drug-likeness (QED) is 0.793. The van der Waals surface area contributed by atoms with E-state index in [4.69, 9.17) is 22.3 Å². The Labute approximate surface area is 138 Å². The van der Waals surface area contributed by atoms with Gasteiger partial charge < -0.3 is 10.3 Å². The smallest absolute Gasteiger partial charge is 0.132 e. The minimum absolute atomic E-state index is 0.0770. The summed E-state index contributed by atoms with van der Waals surface area (Å²) in [6, 6.07) is 5.84. The van der Waals surface area contributed by atoms with Crippen LogP contribution in [0.2, 0.25) is 5.02 Å². The first-order valence-electron chi connectivity index (χ1n) is 7.13. The number of benzene rings is 1. The van der Waals surface area contributed by atoms with Gasteiger partial charge in [-0.15, -0.1) is 0 Å². The van der Waals surface area contributed by atoms with Crippen molar-refractivity contribution in [3.63, 3.8) is 0 Å². The van der Waals surface area contributed by atoms with Crippen molar-refractivity contribution in [2.24, 2.45) is 0 Å². The molecule has 5 heteroatoms. The van der Waals surface area contributed by atoms with Crippen LogP contribution >= 0.6 is 27.5 Å². The van der Waals surface area contributed by atoms with Gasteiger partial charge in [0.05, 0.1) is 5.02 Å². The monoisotopic (exact) mass is 367 g/mol. The standard InChI is InChI=1S/C16H19BrClN3/c1-16(2,3)21-14(19)13(20-15(21)9-4-5-9)10-6-7-11(17)12(18)8-10/h6-9H,4-5,19H2,1-3H3. The molecule has 0 bridgehead atoms. The number of nitrogens with zero attached hydrogens (tertiary/aromatic N) is 2. The lowest BCUT2D eigenvalue weighted by Crippen LogP contribution is -2.25. The molecule has 1 aliphatic rings. The van der Waals surface area contributed by atoms with E-state index in [1.807, 2.05) is 18.2 Å². The number of imidazole rings is 1. The maximum absolute atomic E-state index is 6.42. The first kappa shape index (κ1) is 14.9. The molecule has 1 fully saturated rings. The van der Waals surface area contributed by atoms with Gasteiger partial charge in [-0.05, 0) is 61.7 Å². The summed E-state index contributed by atoms with van der Waals surface area (Å²) in [5.74, 6) is 2.38. The molecular formula is C16H19BrClN3. The summed E-state index contributed by atoms with van der Waals surface area (Å²) in [6.45, 7) is 6.49. The molecule has 3 rings (SSSR count). The van der Waals surface area contributed by atoms with Crippen LogP contribution in [0.3, 0.4) is 0 Å². The molecule has 0 amide bonds. The average molecular weight is 369 g/mol. The van der Waals surface area contributed by atoms with Crippen molar-refractivity contribution >= 4 is 33.3 Å². The highest BCUT2D eigenvalue weighted by molar-refractivity contribution is 9.10. The van der Waals surface area contributed by atoms with E-state index in [9.17, 15) is 0 Å². The van der Waals surface area contributed by atoms with Crippen molar-refractivity contribution in [3.8, 4) is 11.3 Å². The molecule has 1 aliphatic carbocycles. The minimum atomic E-state index is -0.0770. The maximum Gasteiger partial charge on any atom is 0.132 e. The predicted octanol–water partition coefficient (Wildman–Crippen LogP) is 5.18. The third-order valence-electron chi connectivity index (χ3n) is 3.75. The first-order chi connectivity index (χ1) is 9.79. The summed E-state index contributed by atoms with van der Waals surface area (Å²) in [4.78, 5) is 4.84. The van der Waals surface area contributed by atoms with Crippen molar-refractivity contribution < 1.29 is 0 Å². The summed E-state index contributed by atoms with van der Waals surface area (Å²) in [5, 5.41) is 0.671. The molecule has 0 unspecified atom stereocenters. The van der Waals surface area contributed by atoms with Crippen molar-refractivity contribution in [2.75, 3.05) is 5.73 Å². The Morgan fingerprint density at radius 1 is 1.33 bits per heavy atom. The van der Waals surface area contributed by atoms with Gasteiger partial charge in [-0.3, -0.25) is 0 Å². The van der Waals surface area contributed by atoms with Crippen LogP contribution in [0.25, 0.3) is 11.3 Å². The van der Waals surface area contributed by atoms with E-state index in [1.165, 1.54) is 12.8 Å². The zero-order valence-electron chi connectivity index (χ0n) is 12.5. The maximum atomic E-state index is 6.42. The highest BCUT2D eigenvalue weighted by atomic mass is 79.9. The molecule has 1 aromatic carbocycles. The van der Waals surface area contributed by atoms with Crippen LogP contribution in [-0.2, 0) is 5.54 Å². The summed E-state index contributed by atoms with van der Waals surface area (Å²) in [5.41, 5.74) is 8.14. The Bertz CT molecular complexity index is 696. The van der Waals surface area contributed by atoms with Crippen LogP contribution in [0.15, 0.2) is 22.7 Å². The van der Waals surface area contributed by atoms with Gasteiger partial charge in [0.1, 0.15) is 17.3 Å². The molecule has 0 saturated heterocycles. The third-order valence-corrected chi connectivity index (χ3v) is 4.98. The van der Waals surface area contributed by atoms with Crippen LogP contribution in [-0.4, -0.2) is 9.55 Å². The highest BCUT2D eigenvalue weighted by Crippen LogP contribution is 2.44. The van der Waals surface area contributed by atoms with Gasteiger partial charge in [0.25, 0.3) is 0 Å². The molecule has 2 N–H and O–H groups in total. The predicted molar refractivity (Wildman–Crippen MR) is 91.8 cm³/mol. The second kappa shape index (κ2) is 5.03. The lowest BCUT2D eigenvalue weighted by Gasteiger charge is -2.25. The molecule has 2 aromatic rings. The summed E-state index contributed by atoms with van der Waals surface area (Å²) >= 11 is 9.62. The molecule has 0 radical (unpaired) electrons. The number of hydrogen-bond donors (Lipinski definition) is 1. The summed E-state index contributed by atoms with van der Waals surface area (Å²) in [6.07, 6.45) is 2.40. The molecular weight excluding hydrogens is 350 g/mol. The van der Waals surface area contributed by atoms with Gasteiger partial charge in [0.15, 0.2) is 0 Å². The number of anilines is 1. The Morgan fingerprint density at radius 2 is 2.00 bits per heavy atom. The molecule has 1 aromatic heterocycles. The van der Waals surface area contributed by atoms with Gasteiger partial charge >= 0.3 is 0 Å². The molecule has 21 heavy (non-hydrogen) atoms. The van der Waals surface area contributed by atoms with Gasteiger partial charge in [0, 0.05) is 21.5 Å². The zero-order valence-corrected chi connectivity index (χ0v) is 14.8. The topological polar surface area (TPSA) is 43.8 Å². The third kappa shape index (κ3) is 2.71. The minimum Gasteiger partial charge on any atom is -0.383 e. The van der Waals surface area contributed by atoms with Gasteiger partial charge in [-0.1, -0.05) is 17.7 Å². The number of nitrogens with two attached hydrogens (primary N) is 1. The molecule has 1 heterocycles. The van der Waals surface area contributed by atoms with Crippen molar-refractivity contribution in [1.82, 2.24) is 9.55 Å². The van der Waals surface area contributed by atoms with Crippen LogP contribution in [0, 0.1) is 0 Å². The van der Waals surface area contributed by atoms with Gasteiger partial charge in [-0.25, -0.2) is 4.98 Å². The molecule has 1 saturated carbocycles. The fourth-order valence-corrected chi connectivity index (χ4v) is 3.05. The van der Waals surface area contributed by atoms with E-state index in [0.717, 1.165) is 27.4 Å². The fourth-order valence-electron chi connectivity index (χ4n) is 2.63.